The van der Waals surface area contributed by atoms with Crippen molar-refractivity contribution in [3.8, 4) is 40.3 Å². The van der Waals surface area contributed by atoms with Gasteiger partial charge >= 0.3 is 0 Å². The molecule has 0 atom stereocenters. The second kappa shape index (κ2) is 11.8. The van der Waals surface area contributed by atoms with Gasteiger partial charge in [-0.3, -0.25) is 0 Å². The van der Waals surface area contributed by atoms with Gasteiger partial charge in [-0.15, -0.1) is 0 Å². The minimum atomic E-state index is 0.595. The molecule has 0 aliphatic carbocycles. The first-order chi connectivity index (χ1) is 27.2. The van der Waals surface area contributed by atoms with Gasteiger partial charge in [0.25, 0.3) is 0 Å². The van der Waals surface area contributed by atoms with Crippen LogP contribution in [0.15, 0.2) is 176 Å². The first-order valence-corrected chi connectivity index (χ1v) is 18.3. The highest BCUT2D eigenvalue weighted by molar-refractivity contribution is 6.15. The van der Waals surface area contributed by atoms with Gasteiger partial charge in [0.05, 0.1) is 67.7 Å². The minimum Gasteiger partial charge on any atom is -0.309 e. The van der Waals surface area contributed by atoms with Crippen LogP contribution in [-0.2, 0) is 0 Å². The average Bonchev–Trinajstić information content (AvgIpc) is 3.89. The maximum atomic E-state index is 10.2. The van der Waals surface area contributed by atoms with Crippen LogP contribution in [0.1, 0.15) is 11.1 Å². The van der Waals surface area contributed by atoms with Gasteiger partial charge in [-0.05, 0) is 78.4 Å². The van der Waals surface area contributed by atoms with Gasteiger partial charge < -0.3 is 13.7 Å². The molecule has 11 rings (SSSR count). The molecule has 254 valence electrons. The van der Waals surface area contributed by atoms with E-state index in [9.17, 15) is 10.5 Å². The van der Waals surface area contributed by atoms with Crippen molar-refractivity contribution in [1.29, 1.82) is 10.5 Å². The van der Waals surface area contributed by atoms with Crippen molar-refractivity contribution in [3.05, 3.63) is 187 Å². The molecule has 0 unspecified atom stereocenters. The molecule has 11 aromatic rings. The number of hydrogen-bond acceptors (Lipinski definition) is 2. The van der Waals surface area contributed by atoms with Crippen LogP contribution in [0, 0.1) is 22.7 Å². The van der Waals surface area contributed by atoms with Crippen LogP contribution in [-0.4, -0.2) is 13.7 Å². The fraction of sp³-hybridized carbons (Fsp3) is 0. The molecule has 0 radical (unpaired) electrons. The number of benzene rings is 8. The number of nitrogens with zero attached hydrogens (tertiary/aromatic N) is 5. The zero-order valence-corrected chi connectivity index (χ0v) is 29.5. The highest BCUT2D eigenvalue weighted by Crippen LogP contribution is 2.42. The van der Waals surface area contributed by atoms with Crippen molar-refractivity contribution in [1.82, 2.24) is 13.7 Å². The van der Waals surface area contributed by atoms with E-state index in [2.05, 4.69) is 171 Å². The SMILES string of the molecule is N#Cc1ccc(-n2c3ccccc3c3cccc(-n4c5ccccc5c5ccccc54)c32)c(-c2ccc(-n3c4ccccc4c4ccc(C#N)cc43)cc2)c1. The molecule has 0 bridgehead atoms. The lowest BCUT2D eigenvalue weighted by atomic mass is 10.00. The highest BCUT2D eigenvalue weighted by atomic mass is 15.1. The number of rotatable bonds is 4. The lowest BCUT2D eigenvalue weighted by molar-refractivity contribution is 1.13. The van der Waals surface area contributed by atoms with Gasteiger partial charge in [-0.1, -0.05) is 103 Å². The van der Waals surface area contributed by atoms with E-state index in [0.29, 0.717) is 11.1 Å². The number of aromatic nitrogens is 3. The second-order valence-electron chi connectivity index (χ2n) is 14.0. The summed E-state index contributed by atoms with van der Waals surface area (Å²) in [6.45, 7) is 0. The van der Waals surface area contributed by atoms with Crippen LogP contribution in [0.3, 0.4) is 0 Å². The van der Waals surface area contributed by atoms with Crippen molar-refractivity contribution < 1.29 is 0 Å². The molecule has 5 nitrogen and oxygen atoms in total. The third kappa shape index (κ3) is 4.45. The van der Waals surface area contributed by atoms with Crippen LogP contribution in [0.25, 0.3) is 93.6 Å². The highest BCUT2D eigenvalue weighted by Gasteiger charge is 2.22. The summed E-state index contributed by atoms with van der Waals surface area (Å²) in [6, 6.07) is 66.0. The second-order valence-corrected chi connectivity index (χ2v) is 14.0. The van der Waals surface area contributed by atoms with Crippen LogP contribution < -0.4 is 0 Å². The van der Waals surface area contributed by atoms with Crippen molar-refractivity contribution in [2.75, 3.05) is 0 Å². The smallest absolute Gasteiger partial charge is 0.0992 e. The Bertz CT molecular complexity index is 3400. The zero-order valence-electron chi connectivity index (χ0n) is 29.5. The fourth-order valence-corrected chi connectivity index (χ4v) is 8.75. The predicted molar refractivity (Wildman–Crippen MR) is 224 cm³/mol. The summed E-state index contributed by atoms with van der Waals surface area (Å²) in [4.78, 5) is 0. The van der Waals surface area contributed by atoms with Crippen LogP contribution in [0.4, 0.5) is 0 Å². The molecule has 0 aliphatic rings. The van der Waals surface area contributed by atoms with Gasteiger partial charge in [-0.25, -0.2) is 0 Å². The van der Waals surface area contributed by atoms with Gasteiger partial charge in [-0.2, -0.15) is 10.5 Å². The molecule has 5 heteroatoms. The van der Waals surface area contributed by atoms with E-state index in [1.807, 2.05) is 30.3 Å². The Hall–Kier alpha value is -7.86. The Morgan fingerprint density at radius 3 is 1.45 bits per heavy atom. The van der Waals surface area contributed by atoms with E-state index in [-0.39, 0.29) is 0 Å². The third-order valence-corrected chi connectivity index (χ3v) is 11.1. The van der Waals surface area contributed by atoms with E-state index >= 15 is 0 Å². The molecule has 0 saturated heterocycles. The maximum Gasteiger partial charge on any atom is 0.0992 e. The van der Waals surface area contributed by atoms with Crippen LogP contribution in [0.2, 0.25) is 0 Å². The van der Waals surface area contributed by atoms with Gasteiger partial charge in [0.15, 0.2) is 0 Å². The monoisotopic (exact) mass is 699 g/mol. The van der Waals surface area contributed by atoms with E-state index in [4.69, 9.17) is 0 Å². The van der Waals surface area contributed by atoms with Crippen LogP contribution in [0.5, 0.6) is 0 Å². The van der Waals surface area contributed by atoms with Crippen molar-refractivity contribution >= 4 is 65.4 Å². The van der Waals surface area contributed by atoms with E-state index in [0.717, 1.165) is 82.8 Å². The van der Waals surface area contributed by atoms with Crippen molar-refractivity contribution in [2.45, 2.75) is 0 Å². The summed E-state index contributed by atoms with van der Waals surface area (Å²) in [7, 11) is 0. The Balaban J connectivity index is 1.17. The quantitative estimate of drug-likeness (QED) is 0.184. The zero-order chi connectivity index (χ0) is 36.6. The summed E-state index contributed by atoms with van der Waals surface area (Å²) in [5.74, 6) is 0. The van der Waals surface area contributed by atoms with Crippen LogP contribution >= 0.6 is 0 Å². The molecule has 3 heterocycles. The van der Waals surface area contributed by atoms with Crippen molar-refractivity contribution in [3.63, 3.8) is 0 Å². The molecular weight excluding hydrogens is 671 g/mol. The normalized spacial score (nSPS) is 11.6. The summed E-state index contributed by atoms with van der Waals surface area (Å²) < 4.78 is 7.00. The summed E-state index contributed by atoms with van der Waals surface area (Å²) in [5, 5.41) is 26.9. The molecule has 0 fully saturated rings. The molecule has 0 amide bonds. The molecule has 0 aliphatic heterocycles. The van der Waals surface area contributed by atoms with Gasteiger partial charge in [0, 0.05) is 43.6 Å². The van der Waals surface area contributed by atoms with E-state index < -0.39 is 0 Å². The summed E-state index contributed by atoms with van der Waals surface area (Å²) >= 11 is 0. The van der Waals surface area contributed by atoms with Gasteiger partial charge in [0.1, 0.15) is 0 Å². The summed E-state index contributed by atoms with van der Waals surface area (Å²) in [6.07, 6.45) is 0. The molecule has 8 aromatic carbocycles. The molecule has 55 heavy (non-hydrogen) atoms. The Kier molecular flexibility index (Phi) is 6.61. The Morgan fingerprint density at radius 2 is 0.836 bits per heavy atom. The predicted octanol–water partition coefficient (Wildman–Crippen LogP) is 12.4. The van der Waals surface area contributed by atoms with E-state index in [1.54, 1.807) is 0 Å². The molecule has 0 N–H and O–H groups in total. The summed E-state index contributed by atoms with van der Waals surface area (Å²) in [5.41, 5.74) is 12.8. The topological polar surface area (TPSA) is 62.4 Å². The first kappa shape index (κ1) is 30.7. The number of hydrogen-bond donors (Lipinski definition) is 0. The average molecular weight is 700 g/mol. The number of fused-ring (bicyclic) bond motifs is 9. The number of nitriles is 2. The van der Waals surface area contributed by atoms with E-state index in [1.165, 1.54) is 10.8 Å². The molecule has 0 spiro atoms. The molecular formula is C50H29N5. The van der Waals surface area contributed by atoms with Gasteiger partial charge in [0.2, 0.25) is 0 Å². The lowest BCUT2D eigenvalue weighted by Gasteiger charge is -2.18. The largest absolute Gasteiger partial charge is 0.309 e. The first-order valence-electron chi connectivity index (χ1n) is 18.3. The minimum absolute atomic E-state index is 0.595. The number of para-hydroxylation sites is 5. The lowest BCUT2D eigenvalue weighted by Crippen LogP contribution is -2.02. The standard InChI is InChI=1S/C50H29N5/c51-30-32-21-27-47(42(28-32)34-22-24-35(25-23-34)53-43-15-5-1-12-38(43)40-26-20-33(31-52)29-49(40)53)55-46-18-8-4-13-39(46)41-14-9-19-48(50(41)55)54-44-16-6-2-10-36(44)37-11-3-7-17-45(37)54/h1-29H. The third-order valence-electron chi connectivity index (χ3n) is 11.1. The van der Waals surface area contributed by atoms with Crippen molar-refractivity contribution in [2.24, 2.45) is 0 Å². The maximum absolute atomic E-state index is 10.2. The fourth-order valence-electron chi connectivity index (χ4n) is 8.75. The Morgan fingerprint density at radius 1 is 0.345 bits per heavy atom. The Labute approximate surface area is 316 Å². The molecule has 3 aromatic heterocycles. The molecule has 0 saturated carbocycles.